The summed E-state index contributed by atoms with van der Waals surface area (Å²) in [6.45, 7) is 7.90. The van der Waals surface area contributed by atoms with Crippen molar-refractivity contribution in [1.82, 2.24) is 9.97 Å². The molecular formula is C16H28N4O. The average Bonchev–Trinajstić information content (AvgIpc) is 3.32. The molecule has 0 bridgehead atoms. The Morgan fingerprint density at radius 2 is 1.86 bits per heavy atom. The highest BCUT2D eigenvalue weighted by atomic mass is 16.5. The van der Waals surface area contributed by atoms with E-state index < -0.39 is 0 Å². The molecule has 0 radical (unpaired) electrons. The standard InChI is InChI=1S/C16H28N4O/c1-3-8-17-15-14(4-2)16(20-12-19-15)18-9-5-10-21-11-13-6-7-13/h12-13H,3-11H2,1-2H3,(H2,17,18,19,20). The Bertz CT molecular complexity index is 421. The maximum atomic E-state index is 5.64. The maximum absolute atomic E-state index is 5.64. The Balaban J connectivity index is 1.75. The summed E-state index contributed by atoms with van der Waals surface area (Å²) < 4.78 is 5.64. The van der Waals surface area contributed by atoms with Gasteiger partial charge in [-0.2, -0.15) is 0 Å². The molecule has 1 aliphatic carbocycles. The Morgan fingerprint density at radius 3 is 2.48 bits per heavy atom. The normalized spacial score (nSPS) is 14.2. The summed E-state index contributed by atoms with van der Waals surface area (Å²) in [7, 11) is 0. The molecule has 0 saturated heterocycles. The third-order valence-corrected chi connectivity index (χ3v) is 3.65. The van der Waals surface area contributed by atoms with Crippen LogP contribution in [0, 0.1) is 5.92 Å². The predicted octanol–water partition coefficient (Wildman–Crippen LogP) is 3.09. The molecule has 1 aliphatic rings. The highest BCUT2D eigenvalue weighted by Crippen LogP contribution is 2.28. The first kappa shape index (κ1) is 16.0. The van der Waals surface area contributed by atoms with Gasteiger partial charge in [0.1, 0.15) is 18.0 Å². The van der Waals surface area contributed by atoms with Crippen molar-refractivity contribution >= 4 is 11.6 Å². The third-order valence-electron chi connectivity index (χ3n) is 3.65. The Morgan fingerprint density at radius 1 is 1.14 bits per heavy atom. The lowest BCUT2D eigenvalue weighted by Crippen LogP contribution is -2.12. The zero-order valence-corrected chi connectivity index (χ0v) is 13.3. The van der Waals surface area contributed by atoms with Crippen LogP contribution in [0.1, 0.15) is 45.1 Å². The summed E-state index contributed by atoms with van der Waals surface area (Å²) in [6.07, 6.45) is 7.36. The number of aromatic nitrogens is 2. The van der Waals surface area contributed by atoms with E-state index in [0.717, 1.165) is 63.1 Å². The summed E-state index contributed by atoms with van der Waals surface area (Å²) in [5.74, 6) is 2.76. The van der Waals surface area contributed by atoms with Crippen molar-refractivity contribution < 1.29 is 4.74 Å². The average molecular weight is 292 g/mol. The number of hydrogen-bond acceptors (Lipinski definition) is 5. The third kappa shape index (κ3) is 5.50. The summed E-state index contributed by atoms with van der Waals surface area (Å²) in [4.78, 5) is 8.72. The Kier molecular flexibility index (Phi) is 6.73. The van der Waals surface area contributed by atoms with Gasteiger partial charge in [0, 0.05) is 31.9 Å². The van der Waals surface area contributed by atoms with Gasteiger partial charge in [0.25, 0.3) is 0 Å². The first-order valence-electron chi connectivity index (χ1n) is 8.24. The highest BCUT2D eigenvalue weighted by Gasteiger charge is 2.20. The Hall–Kier alpha value is -1.36. The van der Waals surface area contributed by atoms with Crippen LogP contribution in [0.25, 0.3) is 0 Å². The number of ether oxygens (including phenoxy) is 1. The van der Waals surface area contributed by atoms with Gasteiger partial charge in [-0.15, -0.1) is 0 Å². The molecule has 0 aromatic carbocycles. The molecule has 21 heavy (non-hydrogen) atoms. The minimum Gasteiger partial charge on any atom is -0.381 e. The lowest BCUT2D eigenvalue weighted by atomic mass is 10.2. The van der Waals surface area contributed by atoms with Gasteiger partial charge in [0.05, 0.1) is 0 Å². The number of hydrogen-bond donors (Lipinski definition) is 2. The largest absolute Gasteiger partial charge is 0.381 e. The summed E-state index contributed by atoms with van der Waals surface area (Å²) in [6, 6.07) is 0. The van der Waals surface area contributed by atoms with Crippen molar-refractivity contribution in [3.05, 3.63) is 11.9 Å². The van der Waals surface area contributed by atoms with Crippen molar-refractivity contribution in [3.8, 4) is 0 Å². The lowest BCUT2D eigenvalue weighted by molar-refractivity contribution is 0.124. The molecule has 1 aromatic rings. The zero-order chi connectivity index (χ0) is 14.9. The number of anilines is 2. The van der Waals surface area contributed by atoms with E-state index in [9.17, 15) is 0 Å². The van der Waals surface area contributed by atoms with E-state index in [1.807, 2.05) is 0 Å². The molecule has 1 fully saturated rings. The number of nitrogens with zero attached hydrogens (tertiary/aromatic N) is 2. The van der Waals surface area contributed by atoms with Gasteiger partial charge < -0.3 is 15.4 Å². The first-order chi connectivity index (χ1) is 10.3. The quantitative estimate of drug-likeness (QED) is 0.614. The fourth-order valence-corrected chi connectivity index (χ4v) is 2.21. The topological polar surface area (TPSA) is 59.1 Å². The smallest absolute Gasteiger partial charge is 0.134 e. The molecule has 0 atom stereocenters. The second kappa shape index (κ2) is 8.82. The van der Waals surface area contributed by atoms with E-state index in [4.69, 9.17) is 4.74 Å². The van der Waals surface area contributed by atoms with E-state index in [0.29, 0.717) is 0 Å². The first-order valence-corrected chi connectivity index (χ1v) is 8.24. The van der Waals surface area contributed by atoms with Gasteiger partial charge in [0.2, 0.25) is 0 Å². The van der Waals surface area contributed by atoms with Crippen molar-refractivity contribution in [2.75, 3.05) is 36.9 Å². The van der Waals surface area contributed by atoms with Gasteiger partial charge in [-0.1, -0.05) is 13.8 Å². The second-order valence-electron chi connectivity index (χ2n) is 5.63. The SMILES string of the molecule is CCCNc1ncnc(NCCCOCC2CC2)c1CC. The molecule has 5 nitrogen and oxygen atoms in total. The summed E-state index contributed by atoms with van der Waals surface area (Å²) in [5.41, 5.74) is 1.17. The van der Waals surface area contributed by atoms with Crippen LogP contribution in [0.4, 0.5) is 11.6 Å². The zero-order valence-electron chi connectivity index (χ0n) is 13.3. The molecule has 0 amide bonds. The van der Waals surface area contributed by atoms with E-state index in [-0.39, 0.29) is 0 Å². The monoisotopic (exact) mass is 292 g/mol. The van der Waals surface area contributed by atoms with Gasteiger partial charge >= 0.3 is 0 Å². The van der Waals surface area contributed by atoms with E-state index in [1.54, 1.807) is 6.33 Å². The molecule has 0 spiro atoms. The van der Waals surface area contributed by atoms with Crippen LogP contribution in [-0.4, -0.2) is 36.3 Å². The van der Waals surface area contributed by atoms with Crippen LogP contribution in [-0.2, 0) is 11.2 Å². The predicted molar refractivity (Wildman–Crippen MR) is 86.8 cm³/mol. The molecule has 2 rings (SSSR count). The minimum absolute atomic E-state index is 0.830. The van der Waals surface area contributed by atoms with Crippen molar-refractivity contribution in [2.24, 2.45) is 5.92 Å². The molecular weight excluding hydrogens is 264 g/mol. The molecule has 1 aromatic heterocycles. The number of nitrogens with one attached hydrogen (secondary N) is 2. The van der Waals surface area contributed by atoms with Crippen LogP contribution in [0.5, 0.6) is 0 Å². The van der Waals surface area contributed by atoms with Crippen molar-refractivity contribution in [2.45, 2.75) is 46.0 Å². The fraction of sp³-hybridized carbons (Fsp3) is 0.750. The van der Waals surface area contributed by atoms with E-state index >= 15 is 0 Å². The van der Waals surface area contributed by atoms with E-state index in [2.05, 4.69) is 34.4 Å². The summed E-state index contributed by atoms with van der Waals surface area (Å²) in [5, 5.41) is 6.78. The molecule has 1 saturated carbocycles. The van der Waals surface area contributed by atoms with Gasteiger partial charge in [-0.25, -0.2) is 9.97 Å². The van der Waals surface area contributed by atoms with Crippen LogP contribution >= 0.6 is 0 Å². The summed E-state index contributed by atoms with van der Waals surface area (Å²) >= 11 is 0. The van der Waals surface area contributed by atoms with Gasteiger partial charge in [-0.05, 0) is 38.0 Å². The van der Waals surface area contributed by atoms with Crippen molar-refractivity contribution in [3.63, 3.8) is 0 Å². The molecule has 2 N–H and O–H groups in total. The minimum atomic E-state index is 0.830. The van der Waals surface area contributed by atoms with Gasteiger partial charge in [0.15, 0.2) is 0 Å². The molecule has 5 heteroatoms. The van der Waals surface area contributed by atoms with Crippen LogP contribution in [0.15, 0.2) is 6.33 Å². The Labute approximate surface area is 127 Å². The molecule has 0 aliphatic heterocycles. The maximum Gasteiger partial charge on any atom is 0.134 e. The molecule has 118 valence electrons. The molecule has 0 unspecified atom stereocenters. The van der Waals surface area contributed by atoms with Crippen LogP contribution in [0.3, 0.4) is 0 Å². The number of rotatable bonds is 11. The molecule has 1 heterocycles. The van der Waals surface area contributed by atoms with Crippen molar-refractivity contribution in [1.29, 1.82) is 0 Å². The van der Waals surface area contributed by atoms with Gasteiger partial charge in [-0.3, -0.25) is 0 Å². The van der Waals surface area contributed by atoms with Crippen LogP contribution < -0.4 is 10.6 Å². The fourth-order valence-electron chi connectivity index (χ4n) is 2.21. The van der Waals surface area contributed by atoms with Crippen LogP contribution in [0.2, 0.25) is 0 Å². The lowest BCUT2D eigenvalue weighted by Gasteiger charge is -2.14. The van der Waals surface area contributed by atoms with E-state index in [1.165, 1.54) is 18.4 Å². The highest BCUT2D eigenvalue weighted by molar-refractivity contribution is 5.57. The second-order valence-corrected chi connectivity index (χ2v) is 5.63.